The standard InChI is InChI=1S/C7H13NO/c1-3-4-5-6-7-8-9-2/h3-4,7H,5-6H2,1-2H3. The minimum atomic E-state index is 0.957. The average Bonchev–Trinajstić information content (AvgIpc) is 1.89. The van der Waals surface area contributed by atoms with Crippen LogP contribution < -0.4 is 0 Å². The van der Waals surface area contributed by atoms with E-state index in [0.29, 0.717) is 0 Å². The molecule has 0 rings (SSSR count). The molecule has 0 spiro atoms. The van der Waals surface area contributed by atoms with Gasteiger partial charge in [0, 0.05) is 6.21 Å². The van der Waals surface area contributed by atoms with Gasteiger partial charge >= 0.3 is 0 Å². The Kier molecular flexibility index (Phi) is 6.58. The van der Waals surface area contributed by atoms with Crippen molar-refractivity contribution in [2.75, 3.05) is 7.11 Å². The molecule has 0 saturated heterocycles. The lowest BCUT2D eigenvalue weighted by Gasteiger charge is -1.84. The SMILES string of the molecule is CC=CCCC=NOC. The Morgan fingerprint density at radius 2 is 2.22 bits per heavy atom. The summed E-state index contributed by atoms with van der Waals surface area (Å²) in [6.45, 7) is 2.01. The highest BCUT2D eigenvalue weighted by Crippen LogP contribution is 1.86. The van der Waals surface area contributed by atoms with Crippen LogP contribution in [0.3, 0.4) is 0 Å². The lowest BCUT2D eigenvalue weighted by Crippen LogP contribution is -1.74. The van der Waals surface area contributed by atoms with Crippen LogP contribution in [0, 0.1) is 0 Å². The van der Waals surface area contributed by atoms with Gasteiger partial charge in [0.2, 0.25) is 0 Å². The molecule has 0 heterocycles. The summed E-state index contributed by atoms with van der Waals surface area (Å²) < 4.78 is 0. The first-order chi connectivity index (χ1) is 4.41. The monoisotopic (exact) mass is 127 g/mol. The van der Waals surface area contributed by atoms with Crippen molar-refractivity contribution in [2.45, 2.75) is 19.8 Å². The molecule has 0 amide bonds. The van der Waals surface area contributed by atoms with Gasteiger partial charge in [-0.05, 0) is 19.8 Å². The highest BCUT2D eigenvalue weighted by molar-refractivity contribution is 5.56. The van der Waals surface area contributed by atoms with E-state index in [-0.39, 0.29) is 0 Å². The molecule has 0 aliphatic rings. The molecule has 0 aliphatic carbocycles. The Bertz CT molecular complexity index is 97.1. The van der Waals surface area contributed by atoms with Gasteiger partial charge in [-0.25, -0.2) is 0 Å². The summed E-state index contributed by atoms with van der Waals surface area (Å²) in [5, 5.41) is 3.58. The van der Waals surface area contributed by atoms with Gasteiger partial charge in [-0.3, -0.25) is 0 Å². The molecule has 9 heavy (non-hydrogen) atoms. The minimum Gasteiger partial charge on any atom is -0.399 e. The predicted octanol–water partition coefficient (Wildman–Crippen LogP) is 1.97. The van der Waals surface area contributed by atoms with E-state index < -0.39 is 0 Å². The first-order valence-corrected chi connectivity index (χ1v) is 3.08. The fraction of sp³-hybridized carbons (Fsp3) is 0.571. The predicted molar refractivity (Wildman–Crippen MR) is 39.5 cm³/mol. The maximum Gasteiger partial charge on any atom is 0.106 e. The molecule has 0 bridgehead atoms. The second-order valence-electron chi connectivity index (χ2n) is 1.62. The number of oxime groups is 1. The first kappa shape index (κ1) is 8.21. The normalized spacial score (nSPS) is 11.3. The maximum absolute atomic E-state index is 4.47. The van der Waals surface area contributed by atoms with Crippen LogP contribution in [0.4, 0.5) is 0 Å². The third-order valence-corrected chi connectivity index (χ3v) is 0.878. The Morgan fingerprint density at radius 3 is 2.78 bits per heavy atom. The molecule has 0 N–H and O–H groups in total. The summed E-state index contributed by atoms with van der Waals surface area (Å²) in [7, 11) is 1.55. The number of nitrogens with zero attached hydrogens (tertiary/aromatic N) is 1. The van der Waals surface area contributed by atoms with Crippen molar-refractivity contribution in [1.29, 1.82) is 0 Å². The van der Waals surface area contributed by atoms with Crippen molar-refractivity contribution in [3.8, 4) is 0 Å². The molecule has 2 heteroatoms. The van der Waals surface area contributed by atoms with Gasteiger partial charge in [0.15, 0.2) is 0 Å². The summed E-state index contributed by atoms with van der Waals surface area (Å²) in [6, 6.07) is 0. The molecule has 0 radical (unpaired) electrons. The molecule has 0 aromatic carbocycles. The van der Waals surface area contributed by atoms with Crippen molar-refractivity contribution < 1.29 is 4.84 Å². The smallest absolute Gasteiger partial charge is 0.106 e. The zero-order valence-electron chi connectivity index (χ0n) is 6.00. The average molecular weight is 127 g/mol. The summed E-state index contributed by atoms with van der Waals surface area (Å²) >= 11 is 0. The van der Waals surface area contributed by atoms with Gasteiger partial charge in [-0.2, -0.15) is 0 Å². The van der Waals surface area contributed by atoms with Gasteiger partial charge in [-0.1, -0.05) is 17.3 Å². The molecule has 2 nitrogen and oxygen atoms in total. The molecule has 0 aliphatic heterocycles. The third-order valence-electron chi connectivity index (χ3n) is 0.878. The number of hydrogen-bond acceptors (Lipinski definition) is 2. The summed E-state index contributed by atoms with van der Waals surface area (Å²) in [5.74, 6) is 0. The van der Waals surface area contributed by atoms with E-state index in [2.05, 4.69) is 16.1 Å². The summed E-state index contributed by atoms with van der Waals surface area (Å²) in [5.41, 5.74) is 0. The molecule has 0 aromatic heterocycles. The number of allylic oxidation sites excluding steroid dienone is 2. The molecule has 52 valence electrons. The Hall–Kier alpha value is -0.790. The van der Waals surface area contributed by atoms with Crippen LogP contribution >= 0.6 is 0 Å². The third kappa shape index (κ3) is 7.21. The van der Waals surface area contributed by atoms with E-state index in [9.17, 15) is 0 Å². The van der Waals surface area contributed by atoms with Gasteiger partial charge in [0.05, 0.1) is 0 Å². The number of unbranched alkanes of at least 4 members (excludes halogenated alkanes) is 1. The number of hydrogen-bond donors (Lipinski definition) is 0. The second kappa shape index (κ2) is 7.21. The molecule has 0 unspecified atom stereocenters. The van der Waals surface area contributed by atoms with Gasteiger partial charge < -0.3 is 4.84 Å². The van der Waals surface area contributed by atoms with Crippen LogP contribution in [-0.2, 0) is 4.84 Å². The van der Waals surface area contributed by atoms with Crippen LogP contribution in [-0.4, -0.2) is 13.3 Å². The van der Waals surface area contributed by atoms with E-state index in [1.165, 1.54) is 0 Å². The zero-order valence-corrected chi connectivity index (χ0v) is 6.00. The van der Waals surface area contributed by atoms with Crippen molar-refractivity contribution in [3.63, 3.8) is 0 Å². The van der Waals surface area contributed by atoms with Crippen molar-refractivity contribution in [1.82, 2.24) is 0 Å². The maximum atomic E-state index is 4.47. The van der Waals surface area contributed by atoms with Crippen LogP contribution in [0.1, 0.15) is 19.8 Å². The Morgan fingerprint density at radius 1 is 1.44 bits per heavy atom. The van der Waals surface area contributed by atoms with Crippen LogP contribution in [0.2, 0.25) is 0 Å². The van der Waals surface area contributed by atoms with E-state index in [0.717, 1.165) is 12.8 Å². The fourth-order valence-corrected chi connectivity index (χ4v) is 0.465. The molecule has 0 saturated carbocycles. The van der Waals surface area contributed by atoms with E-state index in [4.69, 9.17) is 0 Å². The summed E-state index contributed by atoms with van der Waals surface area (Å²) in [4.78, 5) is 4.47. The topological polar surface area (TPSA) is 21.6 Å². The van der Waals surface area contributed by atoms with Gasteiger partial charge in [0.25, 0.3) is 0 Å². The van der Waals surface area contributed by atoms with Crippen LogP contribution in [0.5, 0.6) is 0 Å². The van der Waals surface area contributed by atoms with Gasteiger partial charge in [0.1, 0.15) is 7.11 Å². The minimum absolute atomic E-state index is 0.957. The van der Waals surface area contributed by atoms with Crippen molar-refractivity contribution >= 4 is 6.21 Å². The molecule has 0 aromatic rings. The van der Waals surface area contributed by atoms with Crippen molar-refractivity contribution in [3.05, 3.63) is 12.2 Å². The second-order valence-corrected chi connectivity index (χ2v) is 1.62. The first-order valence-electron chi connectivity index (χ1n) is 3.08. The number of rotatable bonds is 4. The Balaban J connectivity index is 2.99. The van der Waals surface area contributed by atoms with E-state index in [1.807, 2.05) is 13.0 Å². The van der Waals surface area contributed by atoms with Gasteiger partial charge in [-0.15, -0.1) is 0 Å². The molecular formula is C7H13NO. The zero-order chi connectivity index (χ0) is 6.95. The van der Waals surface area contributed by atoms with Crippen molar-refractivity contribution in [2.24, 2.45) is 5.16 Å². The fourth-order valence-electron chi connectivity index (χ4n) is 0.465. The molecule has 0 atom stereocenters. The largest absolute Gasteiger partial charge is 0.399 e. The Labute approximate surface area is 56.2 Å². The molecule has 0 fully saturated rings. The lowest BCUT2D eigenvalue weighted by atomic mass is 10.3. The van der Waals surface area contributed by atoms with E-state index in [1.54, 1.807) is 13.3 Å². The van der Waals surface area contributed by atoms with E-state index >= 15 is 0 Å². The highest BCUT2D eigenvalue weighted by atomic mass is 16.6. The lowest BCUT2D eigenvalue weighted by molar-refractivity contribution is 0.214. The molecular weight excluding hydrogens is 114 g/mol. The quantitative estimate of drug-likeness (QED) is 0.245. The highest BCUT2D eigenvalue weighted by Gasteiger charge is 1.73. The van der Waals surface area contributed by atoms with Crippen LogP contribution in [0.15, 0.2) is 17.3 Å². The summed E-state index contributed by atoms with van der Waals surface area (Å²) in [6.07, 6.45) is 7.89. The van der Waals surface area contributed by atoms with Crippen LogP contribution in [0.25, 0.3) is 0 Å².